The molecule has 1 aliphatic heterocycles. The molecule has 3 nitrogen and oxygen atoms in total. The van der Waals surface area contributed by atoms with Gasteiger partial charge in [-0.1, -0.05) is 6.07 Å². The fourth-order valence-corrected chi connectivity index (χ4v) is 2.60. The highest BCUT2D eigenvalue weighted by Crippen LogP contribution is 2.27. The normalized spacial score (nSPS) is 14.5. The molecule has 0 saturated carbocycles. The summed E-state index contributed by atoms with van der Waals surface area (Å²) >= 11 is 0. The molecule has 1 aromatic heterocycles. The van der Waals surface area contributed by atoms with Crippen LogP contribution in [-0.2, 0) is 6.54 Å². The summed E-state index contributed by atoms with van der Waals surface area (Å²) in [5.41, 5.74) is 0.857. The van der Waals surface area contributed by atoms with E-state index in [1.807, 2.05) is 12.1 Å². The number of benzene rings is 1. The van der Waals surface area contributed by atoms with Crippen LogP contribution in [0.2, 0.25) is 0 Å². The first-order valence-corrected chi connectivity index (χ1v) is 7.12. The Bertz CT molecular complexity index is 604. The van der Waals surface area contributed by atoms with E-state index < -0.39 is 11.6 Å². The Labute approximate surface area is 122 Å². The summed E-state index contributed by atoms with van der Waals surface area (Å²) in [6.07, 6.45) is 4.04. The maximum Gasteiger partial charge on any atom is 0.151 e. The molecule has 3 rings (SSSR count). The van der Waals surface area contributed by atoms with Gasteiger partial charge < -0.3 is 10.2 Å². The number of anilines is 2. The van der Waals surface area contributed by atoms with Crippen LogP contribution in [0.1, 0.15) is 18.4 Å². The average Bonchev–Trinajstić information content (AvgIpc) is 3.01. The van der Waals surface area contributed by atoms with Gasteiger partial charge in [0.1, 0.15) is 11.6 Å². The molecule has 2 heterocycles. The largest absolute Gasteiger partial charge is 0.378 e. The molecule has 5 heteroatoms. The van der Waals surface area contributed by atoms with Gasteiger partial charge in [0.15, 0.2) is 5.82 Å². The van der Waals surface area contributed by atoms with E-state index in [0.29, 0.717) is 0 Å². The fraction of sp³-hybridized carbons (Fsp3) is 0.312. The molecule has 0 radical (unpaired) electrons. The van der Waals surface area contributed by atoms with E-state index in [2.05, 4.69) is 15.2 Å². The second-order valence-corrected chi connectivity index (χ2v) is 5.12. The van der Waals surface area contributed by atoms with E-state index in [1.54, 1.807) is 6.20 Å². The Morgan fingerprint density at radius 2 is 1.76 bits per heavy atom. The Balaban J connectivity index is 1.79. The maximum atomic E-state index is 13.6. The van der Waals surface area contributed by atoms with Crippen LogP contribution in [-0.4, -0.2) is 18.1 Å². The van der Waals surface area contributed by atoms with Gasteiger partial charge in [0.25, 0.3) is 0 Å². The van der Waals surface area contributed by atoms with Crippen molar-refractivity contribution in [3.63, 3.8) is 0 Å². The minimum Gasteiger partial charge on any atom is -0.378 e. The smallest absolute Gasteiger partial charge is 0.151 e. The van der Waals surface area contributed by atoms with Gasteiger partial charge in [-0.05, 0) is 37.1 Å². The van der Waals surface area contributed by atoms with Gasteiger partial charge in [-0.15, -0.1) is 0 Å². The van der Waals surface area contributed by atoms with Crippen molar-refractivity contribution in [1.29, 1.82) is 0 Å². The lowest BCUT2D eigenvalue weighted by Crippen LogP contribution is -2.20. The fourth-order valence-electron chi connectivity index (χ4n) is 2.60. The van der Waals surface area contributed by atoms with Gasteiger partial charge >= 0.3 is 0 Å². The van der Waals surface area contributed by atoms with Crippen LogP contribution in [0.5, 0.6) is 0 Å². The second kappa shape index (κ2) is 6.08. The molecular weight excluding hydrogens is 272 g/mol. The molecule has 0 aliphatic carbocycles. The van der Waals surface area contributed by atoms with Crippen molar-refractivity contribution in [2.24, 2.45) is 0 Å². The maximum absolute atomic E-state index is 13.6. The molecule has 1 aromatic carbocycles. The number of rotatable bonds is 4. The molecule has 1 fully saturated rings. The molecule has 0 bridgehead atoms. The first kappa shape index (κ1) is 13.8. The van der Waals surface area contributed by atoms with Crippen LogP contribution in [0.15, 0.2) is 36.5 Å². The van der Waals surface area contributed by atoms with E-state index in [9.17, 15) is 8.78 Å². The lowest BCUT2D eigenvalue weighted by atomic mass is 10.2. The van der Waals surface area contributed by atoms with Crippen molar-refractivity contribution in [3.05, 3.63) is 53.7 Å². The molecule has 0 atom stereocenters. The molecular formula is C16H17F2N3. The van der Waals surface area contributed by atoms with Gasteiger partial charge in [0.05, 0.1) is 5.69 Å². The molecule has 0 amide bonds. The van der Waals surface area contributed by atoms with E-state index >= 15 is 0 Å². The highest BCUT2D eigenvalue weighted by molar-refractivity contribution is 5.65. The molecule has 110 valence electrons. The number of nitrogens with one attached hydrogen (secondary N) is 1. The number of pyridine rings is 1. The summed E-state index contributed by atoms with van der Waals surface area (Å²) in [6.45, 7) is 2.05. The zero-order valence-corrected chi connectivity index (χ0v) is 11.6. The van der Waals surface area contributed by atoms with Gasteiger partial charge in [0, 0.05) is 31.4 Å². The number of aromatic nitrogens is 1. The molecule has 21 heavy (non-hydrogen) atoms. The highest BCUT2D eigenvalue weighted by atomic mass is 19.1. The Hall–Kier alpha value is -2.17. The van der Waals surface area contributed by atoms with E-state index in [4.69, 9.17) is 0 Å². The Morgan fingerprint density at radius 1 is 1.05 bits per heavy atom. The monoisotopic (exact) mass is 289 g/mol. The van der Waals surface area contributed by atoms with E-state index in [-0.39, 0.29) is 12.1 Å². The number of hydrogen-bond donors (Lipinski definition) is 1. The zero-order chi connectivity index (χ0) is 14.7. The molecule has 0 spiro atoms. The first-order chi connectivity index (χ1) is 10.3. The van der Waals surface area contributed by atoms with Gasteiger partial charge in [-0.2, -0.15) is 0 Å². The Kier molecular flexibility index (Phi) is 3.99. The number of halogens is 2. The zero-order valence-electron chi connectivity index (χ0n) is 11.6. The summed E-state index contributed by atoms with van der Waals surface area (Å²) in [4.78, 5) is 6.59. The van der Waals surface area contributed by atoms with Crippen molar-refractivity contribution in [3.8, 4) is 0 Å². The van der Waals surface area contributed by atoms with Crippen LogP contribution in [0.25, 0.3) is 0 Å². The van der Waals surface area contributed by atoms with Crippen molar-refractivity contribution >= 4 is 11.5 Å². The lowest BCUT2D eigenvalue weighted by molar-refractivity contribution is 0.560. The lowest BCUT2D eigenvalue weighted by Gasteiger charge is -2.20. The second-order valence-electron chi connectivity index (χ2n) is 5.12. The van der Waals surface area contributed by atoms with Crippen LogP contribution in [0, 0.1) is 11.6 Å². The van der Waals surface area contributed by atoms with Gasteiger partial charge in [-0.3, -0.25) is 0 Å². The SMILES string of the molecule is Fc1cccc(F)c1CNc1cccnc1N1CCCC1. The van der Waals surface area contributed by atoms with E-state index in [0.717, 1.165) is 37.4 Å². The summed E-state index contributed by atoms with van der Waals surface area (Å²) in [7, 11) is 0. The third-order valence-corrected chi connectivity index (χ3v) is 3.71. The average molecular weight is 289 g/mol. The summed E-state index contributed by atoms with van der Waals surface area (Å²) in [6, 6.07) is 7.61. The van der Waals surface area contributed by atoms with Crippen molar-refractivity contribution in [1.82, 2.24) is 4.98 Å². The Morgan fingerprint density at radius 3 is 2.48 bits per heavy atom. The molecule has 1 aliphatic rings. The van der Waals surface area contributed by atoms with Crippen molar-refractivity contribution in [2.45, 2.75) is 19.4 Å². The van der Waals surface area contributed by atoms with Gasteiger partial charge in [0.2, 0.25) is 0 Å². The van der Waals surface area contributed by atoms with Crippen LogP contribution < -0.4 is 10.2 Å². The van der Waals surface area contributed by atoms with Crippen LogP contribution in [0.3, 0.4) is 0 Å². The van der Waals surface area contributed by atoms with Crippen molar-refractivity contribution in [2.75, 3.05) is 23.3 Å². The standard InChI is InChI=1S/C16H17F2N3/c17-13-5-3-6-14(18)12(13)11-20-15-7-4-8-19-16(15)21-9-1-2-10-21/h3-8,20H,1-2,9-11H2. The third-order valence-electron chi connectivity index (χ3n) is 3.71. The summed E-state index contributed by atoms with van der Waals surface area (Å²) in [5, 5.41) is 3.10. The summed E-state index contributed by atoms with van der Waals surface area (Å²) < 4.78 is 27.3. The van der Waals surface area contributed by atoms with Crippen molar-refractivity contribution < 1.29 is 8.78 Å². The third kappa shape index (κ3) is 2.96. The molecule has 1 N–H and O–H groups in total. The highest BCUT2D eigenvalue weighted by Gasteiger charge is 2.17. The van der Waals surface area contributed by atoms with E-state index in [1.165, 1.54) is 18.2 Å². The van der Waals surface area contributed by atoms with Crippen LogP contribution in [0.4, 0.5) is 20.3 Å². The first-order valence-electron chi connectivity index (χ1n) is 7.12. The topological polar surface area (TPSA) is 28.2 Å². The number of hydrogen-bond acceptors (Lipinski definition) is 3. The predicted molar refractivity (Wildman–Crippen MR) is 79.4 cm³/mol. The summed E-state index contributed by atoms with van der Waals surface area (Å²) in [5.74, 6) is -0.213. The van der Waals surface area contributed by atoms with Gasteiger partial charge in [-0.25, -0.2) is 13.8 Å². The van der Waals surface area contributed by atoms with Crippen LogP contribution >= 0.6 is 0 Å². The number of nitrogens with zero attached hydrogens (tertiary/aromatic N) is 2. The minimum atomic E-state index is -0.533. The molecule has 2 aromatic rings. The molecule has 0 unspecified atom stereocenters. The minimum absolute atomic E-state index is 0.0497. The molecule has 1 saturated heterocycles. The quantitative estimate of drug-likeness (QED) is 0.932. The predicted octanol–water partition coefficient (Wildman–Crippen LogP) is 3.57.